The normalized spacial score (nSPS) is 21.2. The van der Waals surface area contributed by atoms with Crippen LogP contribution >= 0.6 is 0 Å². The van der Waals surface area contributed by atoms with Crippen molar-refractivity contribution in [1.29, 1.82) is 5.41 Å². The van der Waals surface area contributed by atoms with E-state index in [2.05, 4.69) is 24.2 Å². The molecule has 0 amide bonds. The number of aliphatic imine (C=N–C) groups is 1. The van der Waals surface area contributed by atoms with Crippen molar-refractivity contribution in [2.75, 3.05) is 0 Å². The molecule has 13 heavy (non-hydrogen) atoms. The maximum Gasteiger partial charge on any atom is 0.120 e. The number of allylic oxidation sites excluding steroid dienone is 4. The SMILES string of the molecule is C=CC(=C)/C1=C/CCCC(=N)N=C1. The maximum absolute atomic E-state index is 7.43. The van der Waals surface area contributed by atoms with Crippen LogP contribution in [0.2, 0.25) is 0 Å². The van der Waals surface area contributed by atoms with E-state index in [1.165, 1.54) is 0 Å². The van der Waals surface area contributed by atoms with Gasteiger partial charge in [-0.3, -0.25) is 5.41 Å². The molecule has 1 aliphatic rings. The molecular formula is C11H14N2. The first kappa shape index (κ1) is 9.65. The lowest BCUT2D eigenvalue weighted by molar-refractivity contribution is 0.879. The zero-order chi connectivity index (χ0) is 9.68. The number of hydrogen-bond donors (Lipinski definition) is 1. The molecule has 1 rings (SSSR count). The molecule has 1 aliphatic heterocycles. The van der Waals surface area contributed by atoms with E-state index in [4.69, 9.17) is 5.41 Å². The van der Waals surface area contributed by atoms with E-state index in [-0.39, 0.29) is 0 Å². The molecule has 0 atom stereocenters. The highest BCUT2D eigenvalue weighted by Crippen LogP contribution is 2.12. The highest BCUT2D eigenvalue weighted by molar-refractivity contribution is 5.96. The van der Waals surface area contributed by atoms with Gasteiger partial charge in [0.15, 0.2) is 0 Å². The summed E-state index contributed by atoms with van der Waals surface area (Å²) in [5.74, 6) is 0.447. The Morgan fingerprint density at radius 3 is 3.08 bits per heavy atom. The highest BCUT2D eigenvalue weighted by atomic mass is 14.8. The van der Waals surface area contributed by atoms with Gasteiger partial charge in [-0.25, -0.2) is 4.99 Å². The van der Waals surface area contributed by atoms with Crippen LogP contribution in [0.4, 0.5) is 0 Å². The molecular weight excluding hydrogens is 160 g/mol. The summed E-state index contributed by atoms with van der Waals surface area (Å²) in [6.45, 7) is 7.50. The number of nitrogens with one attached hydrogen (secondary N) is 1. The van der Waals surface area contributed by atoms with E-state index < -0.39 is 0 Å². The third-order valence-electron chi connectivity index (χ3n) is 1.96. The standard InChI is InChI=1S/C11H14N2/c1-3-9(2)10-6-4-5-7-11(12)13-8-10/h3,6,8,12H,1-2,4-5,7H2/b10-6+,12-11?,13-8?. The van der Waals surface area contributed by atoms with Gasteiger partial charge < -0.3 is 0 Å². The quantitative estimate of drug-likeness (QED) is 0.625. The third kappa shape index (κ3) is 2.82. The van der Waals surface area contributed by atoms with Crippen molar-refractivity contribution in [3.05, 3.63) is 36.5 Å². The Balaban J connectivity index is 2.83. The zero-order valence-electron chi connectivity index (χ0n) is 7.71. The fourth-order valence-electron chi connectivity index (χ4n) is 1.12. The molecule has 0 unspecified atom stereocenters. The van der Waals surface area contributed by atoms with E-state index in [1.807, 2.05) is 0 Å². The minimum atomic E-state index is 0.447. The fraction of sp³-hybridized carbons (Fsp3) is 0.273. The minimum absolute atomic E-state index is 0.447. The molecule has 0 fully saturated rings. The minimum Gasteiger partial charge on any atom is -0.287 e. The molecule has 0 aromatic heterocycles. The lowest BCUT2D eigenvalue weighted by Gasteiger charge is -2.05. The number of hydrogen-bond acceptors (Lipinski definition) is 1. The van der Waals surface area contributed by atoms with Crippen LogP contribution in [0.25, 0.3) is 0 Å². The molecule has 2 nitrogen and oxygen atoms in total. The lowest BCUT2D eigenvalue weighted by atomic mass is 10.1. The van der Waals surface area contributed by atoms with E-state index in [9.17, 15) is 0 Å². The van der Waals surface area contributed by atoms with Gasteiger partial charge in [-0.15, -0.1) is 0 Å². The Labute approximate surface area is 78.9 Å². The summed E-state index contributed by atoms with van der Waals surface area (Å²) in [4.78, 5) is 4.02. The molecule has 0 aliphatic carbocycles. The fourth-order valence-corrected chi connectivity index (χ4v) is 1.12. The number of rotatable bonds is 2. The largest absolute Gasteiger partial charge is 0.287 e. The van der Waals surface area contributed by atoms with Crippen molar-refractivity contribution in [2.24, 2.45) is 4.99 Å². The van der Waals surface area contributed by atoms with Gasteiger partial charge in [0.05, 0.1) is 0 Å². The molecule has 68 valence electrons. The maximum atomic E-state index is 7.43. The second-order valence-electron chi connectivity index (χ2n) is 2.99. The van der Waals surface area contributed by atoms with Gasteiger partial charge in [-0.1, -0.05) is 25.3 Å². The molecule has 0 saturated heterocycles. The van der Waals surface area contributed by atoms with Crippen molar-refractivity contribution in [3.8, 4) is 0 Å². The molecule has 2 heteroatoms. The molecule has 0 saturated carbocycles. The summed E-state index contributed by atoms with van der Waals surface area (Å²) >= 11 is 0. The van der Waals surface area contributed by atoms with Crippen molar-refractivity contribution in [1.82, 2.24) is 0 Å². The van der Waals surface area contributed by atoms with Gasteiger partial charge in [-0.2, -0.15) is 0 Å². The van der Waals surface area contributed by atoms with E-state index in [1.54, 1.807) is 12.3 Å². The van der Waals surface area contributed by atoms with Crippen LogP contribution in [0, 0.1) is 5.41 Å². The summed E-state index contributed by atoms with van der Waals surface area (Å²) in [5.41, 5.74) is 1.86. The Morgan fingerprint density at radius 1 is 1.62 bits per heavy atom. The van der Waals surface area contributed by atoms with Crippen LogP contribution < -0.4 is 0 Å². The Morgan fingerprint density at radius 2 is 2.38 bits per heavy atom. The summed E-state index contributed by atoms with van der Waals surface area (Å²) in [7, 11) is 0. The topological polar surface area (TPSA) is 36.2 Å². The van der Waals surface area contributed by atoms with E-state index >= 15 is 0 Å². The van der Waals surface area contributed by atoms with E-state index in [0.717, 1.165) is 30.4 Å². The first-order chi connectivity index (χ1) is 6.24. The predicted molar refractivity (Wildman–Crippen MR) is 57.5 cm³/mol. The molecule has 0 aromatic carbocycles. The smallest absolute Gasteiger partial charge is 0.120 e. The van der Waals surface area contributed by atoms with Crippen LogP contribution in [0.3, 0.4) is 0 Å². The first-order valence-corrected chi connectivity index (χ1v) is 4.37. The Hall–Kier alpha value is -1.44. The number of nitrogens with zero attached hydrogens (tertiary/aromatic N) is 1. The molecule has 1 heterocycles. The number of amidine groups is 1. The van der Waals surface area contributed by atoms with Gasteiger partial charge in [-0.05, 0) is 24.0 Å². The van der Waals surface area contributed by atoms with Crippen LogP contribution in [0.1, 0.15) is 19.3 Å². The van der Waals surface area contributed by atoms with Gasteiger partial charge in [0.25, 0.3) is 0 Å². The van der Waals surface area contributed by atoms with Crippen molar-refractivity contribution >= 4 is 12.1 Å². The zero-order valence-corrected chi connectivity index (χ0v) is 7.71. The summed E-state index contributed by atoms with van der Waals surface area (Å²) in [6, 6.07) is 0. The summed E-state index contributed by atoms with van der Waals surface area (Å²) < 4.78 is 0. The second-order valence-corrected chi connectivity index (χ2v) is 2.99. The molecule has 0 spiro atoms. The average Bonchev–Trinajstić information content (AvgIpc) is 2.11. The van der Waals surface area contributed by atoms with Crippen LogP contribution in [-0.4, -0.2) is 12.1 Å². The van der Waals surface area contributed by atoms with Crippen LogP contribution in [-0.2, 0) is 0 Å². The monoisotopic (exact) mass is 174 g/mol. The highest BCUT2D eigenvalue weighted by Gasteiger charge is 2.01. The Bertz CT molecular complexity index is 295. The summed E-state index contributed by atoms with van der Waals surface area (Å²) in [5, 5.41) is 7.43. The predicted octanol–water partition coefficient (Wildman–Crippen LogP) is 2.89. The van der Waals surface area contributed by atoms with Crippen molar-refractivity contribution < 1.29 is 0 Å². The molecule has 0 aromatic rings. The van der Waals surface area contributed by atoms with Gasteiger partial charge in [0.2, 0.25) is 0 Å². The van der Waals surface area contributed by atoms with Gasteiger partial charge >= 0.3 is 0 Å². The summed E-state index contributed by atoms with van der Waals surface area (Å²) in [6.07, 6.45) is 8.25. The Kier molecular flexibility index (Phi) is 3.38. The van der Waals surface area contributed by atoms with Crippen LogP contribution in [0.5, 0.6) is 0 Å². The third-order valence-corrected chi connectivity index (χ3v) is 1.96. The van der Waals surface area contributed by atoms with Gasteiger partial charge in [0.1, 0.15) is 5.84 Å². The first-order valence-electron chi connectivity index (χ1n) is 4.37. The van der Waals surface area contributed by atoms with Crippen molar-refractivity contribution in [3.63, 3.8) is 0 Å². The molecule has 0 bridgehead atoms. The lowest BCUT2D eigenvalue weighted by Crippen LogP contribution is -1.98. The van der Waals surface area contributed by atoms with Gasteiger partial charge in [0, 0.05) is 12.6 Å². The average molecular weight is 174 g/mol. The van der Waals surface area contributed by atoms with Crippen LogP contribution in [0.15, 0.2) is 41.4 Å². The van der Waals surface area contributed by atoms with Crippen molar-refractivity contribution in [2.45, 2.75) is 19.3 Å². The second kappa shape index (κ2) is 4.55. The molecule has 0 radical (unpaired) electrons. The molecule has 1 N–H and O–H groups in total. The van der Waals surface area contributed by atoms with E-state index in [0.29, 0.717) is 5.84 Å².